The number of alkyl halides is 3. The van der Waals surface area contributed by atoms with Crippen LogP contribution < -0.4 is 25.0 Å². The molecule has 6 aromatic carbocycles. The summed E-state index contributed by atoms with van der Waals surface area (Å²) in [4.78, 5) is 64.6. The molecule has 5 fully saturated rings. The van der Waals surface area contributed by atoms with Crippen molar-refractivity contribution in [3.8, 4) is 43.5 Å². The highest BCUT2D eigenvalue weighted by atomic mass is 32.2. The number of thiophene rings is 2. The fraction of sp³-hybridized carbons (Fsp3) is 0.500. The minimum atomic E-state index is -4.49. The van der Waals surface area contributed by atoms with Crippen LogP contribution in [0.3, 0.4) is 0 Å². The topological polar surface area (TPSA) is 338 Å². The van der Waals surface area contributed by atoms with Gasteiger partial charge in [-0.05, 0) is 261 Å². The van der Waals surface area contributed by atoms with Crippen LogP contribution in [-0.4, -0.2) is 191 Å². The Morgan fingerprint density at radius 1 is 0.547 bits per heavy atom. The van der Waals surface area contributed by atoms with Crippen molar-refractivity contribution in [2.24, 2.45) is 46.3 Å². The second kappa shape index (κ2) is 43.1. The van der Waals surface area contributed by atoms with Crippen molar-refractivity contribution in [3.05, 3.63) is 212 Å². The molecule has 8 heterocycles. The zero-order valence-corrected chi connectivity index (χ0v) is 84.2. The number of anilines is 3. The van der Waals surface area contributed by atoms with E-state index in [9.17, 15) is 69.6 Å². The van der Waals surface area contributed by atoms with Crippen LogP contribution >= 0.6 is 22.7 Å². The molecule has 0 amide bonds. The van der Waals surface area contributed by atoms with E-state index in [1.165, 1.54) is 70.6 Å². The van der Waals surface area contributed by atoms with Gasteiger partial charge in [0.2, 0.25) is 20.0 Å². The van der Waals surface area contributed by atoms with Gasteiger partial charge in [-0.25, -0.2) is 31.4 Å². The molecular weight excluding hydrogens is 1860 g/mol. The van der Waals surface area contributed by atoms with Crippen molar-refractivity contribution in [1.82, 2.24) is 13.6 Å². The molecule has 0 bridgehead atoms. The number of pyridine rings is 1. The highest BCUT2D eigenvalue weighted by molar-refractivity contribution is 7.89. The molecule has 0 saturated carbocycles. The Labute approximate surface area is 820 Å². The van der Waals surface area contributed by atoms with Crippen LogP contribution in [0.15, 0.2) is 161 Å². The van der Waals surface area contributed by atoms with Crippen LogP contribution in [0.5, 0.6) is 11.5 Å². The summed E-state index contributed by atoms with van der Waals surface area (Å²) in [5.74, 6) is -4.59. The number of nitrogens with one attached hydrogen (secondary N) is 2. The van der Waals surface area contributed by atoms with Gasteiger partial charge in [0, 0.05) is 89.2 Å². The number of hydrogen-bond donors (Lipinski definition) is 6. The van der Waals surface area contributed by atoms with E-state index in [0.717, 1.165) is 135 Å². The Bertz CT molecular complexity index is 6090. The molecule has 7 aliphatic rings. The third-order valence-corrected chi connectivity index (χ3v) is 34.5. The van der Waals surface area contributed by atoms with Crippen molar-refractivity contribution in [1.29, 1.82) is 0 Å². The van der Waals surface area contributed by atoms with E-state index in [2.05, 4.69) is 43.2 Å². The smallest absolute Gasteiger partial charge is 0.416 e. The van der Waals surface area contributed by atoms with Crippen LogP contribution in [0.25, 0.3) is 32.0 Å². The Kier molecular flexibility index (Phi) is 32.1. The summed E-state index contributed by atoms with van der Waals surface area (Å²) in [6, 6.07) is 41.9. The van der Waals surface area contributed by atoms with Gasteiger partial charge in [0.1, 0.15) is 29.5 Å². The molecule has 2 aliphatic carbocycles. The Hall–Kier alpha value is -9.88. The van der Waals surface area contributed by atoms with Crippen molar-refractivity contribution in [2.75, 3.05) is 95.4 Å². The van der Waals surface area contributed by atoms with E-state index in [-0.39, 0.29) is 121 Å². The zero-order valence-electron chi connectivity index (χ0n) is 81.0. The number of carbonyl (C=O) groups excluding carboxylic acids is 2. The van der Waals surface area contributed by atoms with Gasteiger partial charge in [-0.3, -0.25) is 9.59 Å². The highest BCUT2D eigenvalue weighted by Crippen LogP contribution is 2.51. The zero-order chi connectivity index (χ0) is 99.4. The van der Waals surface area contributed by atoms with Crippen LogP contribution in [0.2, 0.25) is 0 Å². The molecule has 748 valence electrons. The second-order valence-corrected chi connectivity index (χ2v) is 46.7. The number of sulfonamides is 2. The van der Waals surface area contributed by atoms with E-state index in [4.69, 9.17) is 42.9 Å². The number of aromatic carboxylic acids is 2. The average molecular weight is 1990 g/mol. The van der Waals surface area contributed by atoms with Gasteiger partial charge in [0.25, 0.3) is 0 Å². The fourth-order valence-electron chi connectivity index (χ4n) is 20.4. The summed E-state index contributed by atoms with van der Waals surface area (Å²) in [5.41, 5.74) is 9.05. The lowest BCUT2D eigenvalue weighted by Gasteiger charge is -2.30. The molecule has 16 rings (SSSR count). The quantitative estimate of drug-likeness (QED) is 0.0196. The number of methoxy groups -OCH3 is 2. The SMILES string of the molecule is COc1ccc(S(=O)(=O)N(CC(C)C)C[C@@H](O)[C@@H](CC(=O)O[C@H]2CO[C@@]3(C)OCC[C@@H]23)Cc2ccc(NCc3cc(-c4ccc(C(F)(F)F)cc4)ccc3-c3sc4c(c3C(=O)O)CC(C)(C)CC4)cc2)cc1.COc1ccc(S(=O)(=O)N(CC(C)C)C[C@@H](O)[C@@H](CC(=O)O[C@H]2CO[C@@]3(C)OCC[C@@H]23)Cc2ccc(NCc3nc(N4CCCC4)ccc3-c3sc4c(c3C(=O)O)CC(C)(C)CC4)cc2)cc1. The van der Waals surface area contributed by atoms with Gasteiger partial charge in [-0.1, -0.05) is 104 Å². The molecule has 0 spiro atoms. The van der Waals surface area contributed by atoms with Crippen LogP contribution in [0, 0.1) is 46.3 Å². The normalized spacial score (nSPS) is 21.3. The van der Waals surface area contributed by atoms with Gasteiger partial charge in [0.15, 0.2) is 11.6 Å². The molecule has 33 heteroatoms. The third kappa shape index (κ3) is 24.4. The number of carboxylic acid groups (broad SMARTS) is 2. The number of nitrogens with zero attached hydrogens (tertiary/aromatic N) is 4. The lowest BCUT2D eigenvalue weighted by molar-refractivity contribution is -0.182. The number of aromatic nitrogens is 1. The number of benzene rings is 6. The number of carboxylic acids is 2. The van der Waals surface area contributed by atoms with Gasteiger partial charge in [-0.15, -0.1) is 22.7 Å². The first-order chi connectivity index (χ1) is 66.0. The molecule has 0 unspecified atom stereocenters. The first-order valence-electron chi connectivity index (χ1n) is 48.0. The van der Waals surface area contributed by atoms with Crippen LogP contribution in [-0.2, 0) is 116 Å². The summed E-state index contributed by atoms with van der Waals surface area (Å²) in [6.07, 6.45) is 0.541. The van der Waals surface area contributed by atoms with E-state index in [1.807, 2.05) is 120 Å². The minimum absolute atomic E-state index is 0.0243. The molecule has 5 aliphatic heterocycles. The molecule has 3 aromatic heterocycles. The number of fused-ring (bicyclic) bond motifs is 4. The lowest BCUT2D eigenvalue weighted by atomic mass is 9.76. The number of esters is 2. The van der Waals surface area contributed by atoms with E-state index in [0.29, 0.717) is 83.3 Å². The first kappa shape index (κ1) is 103. The fourth-order valence-corrected chi connectivity index (χ4v) is 26.3. The molecule has 0 radical (unpaired) electrons. The third-order valence-electron chi connectivity index (χ3n) is 28.1. The molecule has 5 saturated heterocycles. The number of rotatable bonds is 38. The highest BCUT2D eigenvalue weighted by Gasteiger charge is 2.55. The molecule has 139 heavy (non-hydrogen) atoms. The molecule has 26 nitrogen and oxygen atoms in total. The largest absolute Gasteiger partial charge is 0.497 e. The molecule has 6 N–H and O–H groups in total. The standard InChI is InChI=1S/C55H63F3N2O10S2.C51H66N4O10S2/c1-33(2)30-60(72(65,66)42-18-16-41(67-6)17-19-42)31-46(61)37(27-49(62)70-47-32-69-54(5)45(47)22-24-68-54)25-34-7-14-40(15-8-34)59-29-38-26-36(35-9-12-39(13-10-35)55(56,57)58)11-20-43(38)51-50(52(63)64)44-28-53(3,4)23-21-48(44)71-51;1-32(2)29-55(67(60,61)37-15-13-36(62-6)14-16-37)30-42(56)34(26-46(57)65-43-31-64-51(5)40(43)20-24-63-51)25-33-9-11-35(12-10-33)52-28-41-38(17-18-45(53-41)54-22-7-8-23-54)48-47(49(58)59)39-27-50(3,4)21-19-44(39)66-48/h7-20,26,33,37,45-47,59,61H,21-25,27-32H2,1-6H3,(H,63,64);9-18,32,34,40,42-43,52,56H,7-8,19-31H2,1-6H3,(H,58,59)/t37-,45+,46-,47+,54-;34-,40+,42-,43+,51-/m11/s1. The first-order valence-corrected chi connectivity index (χ1v) is 52.5. The number of halogens is 3. The maximum atomic E-state index is 14.1. The summed E-state index contributed by atoms with van der Waals surface area (Å²) in [7, 11) is -5.12. The summed E-state index contributed by atoms with van der Waals surface area (Å²) < 4.78 is 145. The van der Waals surface area contributed by atoms with Crippen molar-refractivity contribution in [3.63, 3.8) is 0 Å². The van der Waals surface area contributed by atoms with Crippen molar-refractivity contribution in [2.45, 2.75) is 224 Å². The minimum Gasteiger partial charge on any atom is -0.497 e. The van der Waals surface area contributed by atoms with E-state index in [1.54, 1.807) is 35.6 Å². The Morgan fingerprint density at radius 3 is 1.40 bits per heavy atom. The van der Waals surface area contributed by atoms with Crippen LogP contribution in [0.4, 0.5) is 30.4 Å². The number of aliphatic hydroxyl groups is 2. The van der Waals surface area contributed by atoms with E-state index < -0.39 is 103 Å². The molecular formula is C106H129F3N6O20S4. The number of aliphatic hydroxyl groups excluding tert-OH is 2. The van der Waals surface area contributed by atoms with Gasteiger partial charge in [0.05, 0.1) is 121 Å². The van der Waals surface area contributed by atoms with Crippen LogP contribution in [0.1, 0.15) is 190 Å². The number of ether oxygens (including phenoxy) is 8. The predicted octanol–water partition coefficient (Wildman–Crippen LogP) is 19.1. The summed E-state index contributed by atoms with van der Waals surface area (Å²) >= 11 is 3.06. The monoisotopic (exact) mass is 1990 g/mol. The maximum Gasteiger partial charge on any atom is 0.416 e. The summed E-state index contributed by atoms with van der Waals surface area (Å²) in [5, 5.41) is 52.3. The predicted molar refractivity (Wildman–Crippen MR) is 528 cm³/mol. The van der Waals surface area contributed by atoms with E-state index >= 15 is 0 Å². The van der Waals surface area contributed by atoms with Gasteiger partial charge < -0.3 is 73.9 Å². The molecule has 10 atom stereocenters. The van der Waals surface area contributed by atoms with Gasteiger partial charge >= 0.3 is 30.1 Å². The number of carbonyl (C=O) groups is 4. The Morgan fingerprint density at radius 2 is 0.971 bits per heavy atom. The van der Waals surface area contributed by atoms with Crippen molar-refractivity contribution < 1.29 is 108 Å². The molecule has 9 aromatic rings. The lowest BCUT2D eigenvalue weighted by Crippen LogP contribution is -2.43. The second-order valence-electron chi connectivity index (χ2n) is 40.6. The number of hydrogen-bond acceptors (Lipinski definition) is 24. The van der Waals surface area contributed by atoms with Gasteiger partial charge in [-0.2, -0.15) is 21.8 Å². The summed E-state index contributed by atoms with van der Waals surface area (Å²) in [6.45, 7) is 23.6. The Balaban J connectivity index is 0.000000211. The maximum absolute atomic E-state index is 14.1. The number of aryl methyl sites for hydroxylation is 2. The van der Waals surface area contributed by atoms with Crippen molar-refractivity contribution >= 4 is 83.8 Å². The average Bonchev–Trinajstić information content (AvgIpc) is 1.62.